The Bertz CT molecular complexity index is 841. The van der Waals surface area contributed by atoms with Crippen molar-refractivity contribution in [1.29, 1.82) is 0 Å². The van der Waals surface area contributed by atoms with Crippen LogP contribution in [0.5, 0.6) is 5.75 Å². The Morgan fingerprint density at radius 3 is 2.60 bits per heavy atom. The quantitative estimate of drug-likeness (QED) is 0.741. The molecule has 0 saturated carbocycles. The van der Waals surface area contributed by atoms with Gasteiger partial charge < -0.3 is 9.15 Å². The first kappa shape index (κ1) is 16.7. The normalized spacial score (nSPS) is 12.2. The van der Waals surface area contributed by atoms with Gasteiger partial charge in [-0.2, -0.15) is 5.10 Å². The molecular weight excluding hydrogens is 322 g/mol. The van der Waals surface area contributed by atoms with Crippen molar-refractivity contribution in [3.8, 4) is 17.3 Å². The average molecular weight is 341 g/mol. The van der Waals surface area contributed by atoms with E-state index in [1.165, 1.54) is 0 Å². The van der Waals surface area contributed by atoms with Crippen LogP contribution in [0, 0.1) is 0 Å². The van der Waals surface area contributed by atoms with Crippen LogP contribution in [-0.2, 0) is 4.79 Å². The third kappa shape index (κ3) is 4.03. The fourth-order valence-electron chi connectivity index (χ4n) is 2.08. The monoisotopic (exact) mass is 341 g/mol. The van der Waals surface area contributed by atoms with Crippen molar-refractivity contribution in [3.05, 3.63) is 42.6 Å². The molecule has 1 amide bonds. The van der Waals surface area contributed by atoms with Crippen LogP contribution in [0.2, 0.25) is 0 Å². The second-order valence-electron chi connectivity index (χ2n) is 5.75. The summed E-state index contributed by atoms with van der Waals surface area (Å²) < 4.78 is 12.8. The minimum absolute atomic E-state index is 0.00242. The highest BCUT2D eigenvalue weighted by atomic mass is 16.5. The molecule has 0 aliphatic heterocycles. The zero-order chi connectivity index (χ0) is 17.8. The number of hydrogen-bond acceptors (Lipinski definition) is 6. The minimum atomic E-state index is -0.710. The maximum atomic E-state index is 12.2. The summed E-state index contributed by atoms with van der Waals surface area (Å²) in [5, 5.41) is 14.6. The summed E-state index contributed by atoms with van der Waals surface area (Å²) in [5.41, 5.74) is 0.551. The van der Waals surface area contributed by atoms with Crippen LogP contribution in [0.4, 0.5) is 6.01 Å². The summed E-state index contributed by atoms with van der Waals surface area (Å²) in [4.78, 5) is 12.2. The zero-order valence-corrected chi connectivity index (χ0v) is 14.2. The molecule has 3 aromatic rings. The van der Waals surface area contributed by atoms with Gasteiger partial charge in [-0.25, -0.2) is 0 Å². The molecule has 1 aromatic carbocycles. The highest BCUT2D eigenvalue weighted by Gasteiger charge is 2.19. The molecule has 0 bridgehead atoms. The lowest BCUT2D eigenvalue weighted by Gasteiger charge is -2.12. The van der Waals surface area contributed by atoms with Crippen LogP contribution in [0.25, 0.3) is 11.6 Å². The molecule has 0 spiro atoms. The molecule has 1 atom stereocenters. The summed E-state index contributed by atoms with van der Waals surface area (Å²) in [7, 11) is 0. The molecule has 130 valence electrons. The molecule has 8 heteroatoms. The van der Waals surface area contributed by atoms with Crippen LogP contribution < -0.4 is 10.1 Å². The van der Waals surface area contributed by atoms with Crippen LogP contribution in [0.1, 0.15) is 26.8 Å². The van der Waals surface area contributed by atoms with Crippen molar-refractivity contribution < 1.29 is 13.9 Å². The van der Waals surface area contributed by atoms with Crippen molar-refractivity contribution in [2.75, 3.05) is 5.32 Å². The molecule has 2 heterocycles. The number of rotatable bonds is 6. The number of benzene rings is 1. The number of para-hydroxylation sites is 1. The number of anilines is 1. The van der Waals surface area contributed by atoms with Gasteiger partial charge in [0.25, 0.3) is 11.8 Å². The first-order valence-electron chi connectivity index (χ1n) is 7.94. The van der Waals surface area contributed by atoms with Gasteiger partial charge in [-0.3, -0.25) is 14.8 Å². The molecule has 1 unspecified atom stereocenters. The lowest BCUT2D eigenvalue weighted by atomic mass is 10.3. The Morgan fingerprint density at radius 2 is 1.92 bits per heavy atom. The van der Waals surface area contributed by atoms with E-state index in [9.17, 15) is 4.79 Å². The topological polar surface area (TPSA) is 95.1 Å². The highest BCUT2D eigenvalue weighted by molar-refractivity contribution is 5.92. The summed E-state index contributed by atoms with van der Waals surface area (Å²) in [6.45, 7) is 5.68. The molecule has 25 heavy (non-hydrogen) atoms. The lowest BCUT2D eigenvalue weighted by Crippen LogP contribution is -2.30. The number of carbonyl (C=O) groups excluding carboxylic acids is 1. The highest BCUT2D eigenvalue weighted by Crippen LogP contribution is 2.19. The summed E-state index contributed by atoms with van der Waals surface area (Å²) in [6, 6.07) is 11.1. The van der Waals surface area contributed by atoms with Crippen molar-refractivity contribution in [1.82, 2.24) is 20.0 Å². The Hall–Kier alpha value is -3.16. The van der Waals surface area contributed by atoms with E-state index in [0.717, 1.165) is 0 Å². The largest absolute Gasteiger partial charge is 0.481 e. The maximum absolute atomic E-state index is 12.2. The molecular formula is C17H19N5O3. The molecule has 0 fully saturated rings. The van der Waals surface area contributed by atoms with Gasteiger partial charge in [-0.1, -0.05) is 23.3 Å². The van der Waals surface area contributed by atoms with Gasteiger partial charge in [-0.05, 0) is 39.0 Å². The average Bonchev–Trinajstić information content (AvgIpc) is 3.24. The van der Waals surface area contributed by atoms with Gasteiger partial charge in [0.05, 0.1) is 0 Å². The molecule has 0 saturated heterocycles. The molecule has 0 aliphatic rings. The predicted molar refractivity (Wildman–Crippen MR) is 91.1 cm³/mol. The SMILES string of the molecule is CC(Oc1ccccc1)C(=O)Nc1nnc(-c2ccn(C(C)C)n2)o1. The van der Waals surface area contributed by atoms with Crippen LogP contribution in [-0.4, -0.2) is 32.0 Å². The van der Waals surface area contributed by atoms with E-state index in [-0.39, 0.29) is 23.9 Å². The van der Waals surface area contributed by atoms with Crippen molar-refractivity contribution in [2.24, 2.45) is 0 Å². The van der Waals surface area contributed by atoms with E-state index < -0.39 is 6.10 Å². The number of carbonyl (C=O) groups is 1. The van der Waals surface area contributed by atoms with E-state index in [4.69, 9.17) is 9.15 Å². The van der Waals surface area contributed by atoms with Gasteiger partial charge in [-0.15, -0.1) is 5.10 Å². The Morgan fingerprint density at radius 1 is 1.16 bits per heavy atom. The Balaban J connectivity index is 1.63. The number of ether oxygens (including phenoxy) is 1. The summed E-state index contributed by atoms with van der Waals surface area (Å²) in [5.74, 6) is 0.466. The molecule has 1 N–H and O–H groups in total. The van der Waals surface area contributed by atoms with Gasteiger partial charge in [0.1, 0.15) is 11.4 Å². The minimum Gasteiger partial charge on any atom is -0.481 e. The number of amides is 1. The first-order valence-corrected chi connectivity index (χ1v) is 7.94. The second kappa shape index (κ2) is 7.16. The molecule has 8 nitrogen and oxygen atoms in total. The third-order valence-electron chi connectivity index (χ3n) is 3.44. The van der Waals surface area contributed by atoms with Gasteiger partial charge >= 0.3 is 6.01 Å². The number of aromatic nitrogens is 4. The van der Waals surface area contributed by atoms with E-state index in [2.05, 4.69) is 20.6 Å². The van der Waals surface area contributed by atoms with Crippen LogP contribution >= 0.6 is 0 Å². The van der Waals surface area contributed by atoms with E-state index >= 15 is 0 Å². The number of hydrogen-bond donors (Lipinski definition) is 1. The molecule has 0 aliphatic carbocycles. The number of nitrogens with zero attached hydrogens (tertiary/aromatic N) is 4. The summed E-state index contributed by atoms with van der Waals surface area (Å²) in [6.07, 6.45) is 1.12. The first-order chi connectivity index (χ1) is 12.0. The third-order valence-corrected chi connectivity index (χ3v) is 3.44. The van der Waals surface area contributed by atoms with E-state index in [1.54, 1.807) is 29.8 Å². The van der Waals surface area contributed by atoms with Crippen molar-refractivity contribution >= 4 is 11.9 Å². The Labute approximate surface area is 144 Å². The summed E-state index contributed by atoms with van der Waals surface area (Å²) >= 11 is 0. The Kier molecular flexibility index (Phi) is 4.78. The van der Waals surface area contributed by atoms with Crippen molar-refractivity contribution in [2.45, 2.75) is 32.9 Å². The van der Waals surface area contributed by atoms with Crippen LogP contribution in [0.3, 0.4) is 0 Å². The van der Waals surface area contributed by atoms with Crippen LogP contribution in [0.15, 0.2) is 47.0 Å². The maximum Gasteiger partial charge on any atom is 0.322 e. The smallest absolute Gasteiger partial charge is 0.322 e. The number of nitrogens with one attached hydrogen (secondary N) is 1. The molecule has 2 aromatic heterocycles. The van der Waals surface area contributed by atoms with Crippen molar-refractivity contribution in [3.63, 3.8) is 0 Å². The van der Waals surface area contributed by atoms with E-state index in [1.807, 2.05) is 38.2 Å². The van der Waals surface area contributed by atoms with Gasteiger partial charge in [0.15, 0.2) is 6.10 Å². The van der Waals surface area contributed by atoms with Gasteiger partial charge in [0.2, 0.25) is 0 Å². The lowest BCUT2D eigenvalue weighted by molar-refractivity contribution is -0.122. The van der Waals surface area contributed by atoms with E-state index in [0.29, 0.717) is 11.4 Å². The molecule has 3 rings (SSSR count). The second-order valence-corrected chi connectivity index (χ2v) is 5.75. The predicted octanol–water partition coefficient (Wildman–Crippen LogP) is 2.92. The standard InChI is InChI=1S/C17H19N5O3/c1-11(2)22-10-9-14(21-22)16-19-20-17(25-16)18-15(23)12(3)24-13-7-5-4-6-8-13/h4-12H,1-3H3,(H,18,20,23). The molecule has 0 radical (unpaired) electrons. The van der Waals surface area contributed by atoms with Gasteiger partial charge in [0, 0.05) is 12.2 Å². The zero-order valence-electron chi connectivity index (χ0n) is 14.2. The fourth-order valence-corrected chi connectivity index (χ4v) is 2.08. The fraction of sp³-hybridized carbons (Fsp3) is 0.294.